The van der Waals surface area contributed by atoms with Crippen molar-refractivity contribution >= 4 is 40.9 Å². The Morgan fingerprint density at radius 1 is 1.06 bits per heavy atom. The van der Waals surface area contributed by atoms with Gasteiger partial charge >= 0.3 is 0 Å². The van der Waals surface area contributed by atoms with Gasteiger partial charge in [-0.25, -0.2) is 4.99 Å². The van der Waals surface area contributed by atoms with Crippen molar-refractivity contribution in [2.75, 3.05) is 19.8 Å². The Morgan fingerprint density at radius 2 is 1.85 bits per heavy atom. The quantitative estimate of drug-likeness (QED) is 0.221. The lowest BCUT2D eigenvalue weighted by Gasteiger charge is -2.22. The number of nitrogens with one attached hydrogen (secondary N) is 2. The minimum absolute atomic E-state index is 0. The van der Waals surface area contributed by atoms with Crippen molar-refractivity contribution in [1.29, 1.82) is 0 Å². The third-order valence-corrected chi connectivity index (χ3v) is 5.77. The second-order valence-electron chi connectivity index (χ2n) is 8.14. The van der Waals surface area contributed by atoms with E-state index in [0.29, 0.717) is 25.8 Å². The SMILES string of the molecule is CCNC(=NCc1cccc(COC2CCOCC2)c1)NCc1oc2ccccc2c1C.I. The van der Waals surface area contributed by atoms with Crippen molar-refractivity contribution < 1.29 is 13.9 Å². The molecule has 0 spiro atoms. The average molecular weight is 563 g/mol. The molecule has 1 aromatic heterocycles. The lowest BCUT2D eigenvalue weighted by Crippen LogP contribution is -2.36. The Labute approximate surface area is 213 Å². The number of aryl methyl sites for hydroxylation is 1. The van der Waals surface area contributed by atoms with Crippen LogP contribution < -0.4 is 10.6 Å². The number of ether oxygens (including phenoxy) is 2. The van der Waals surface area contributed by atoms with Crippen LogP contribution in [0.3, 0.4) is 0 Å². The largest absolute Gasteiger partial charge is 0.459 e. The van der Waals surface area contributed by atoms with Crippen molar-refractivity contribution in [2.24, 2.45) is 4.99 Å². The molecule has 0 saturated carbocycles. The number of hydrogen-bond donors (Lipinski definition) is 2. The summed E-state index contributed by atoms with van der Waals surface area (Å²) in [5.41, 5.74) is 4.43. The Kier molecular flexibility index (Phi) is 10.0. The lowest BCUT2D eigenvalue weighted by atomic mass is 10.1. The lowest BCUT2D eigenvalue weighted by molar-refractivity contribution is -0.0390. The van der Waals surface area contributed by atoms with E-state index in [2.05, 4.69) is 54.8 Å². The Hall–Kier alpha value is -2.10. The van der Waals surface area contributed by atoms with Crippen LogP contribution in [-0.4, -0.2) is 31.8 Å². The highest BCUT2D eigenvalue weighted by atomic mass is 127. The first kappa shape index (κ1) is 25.5. The van der Waals surface area contributed by atoms with Gasteiger partial charge < -0.3 is 24.5 Å². The molecule has 1 saturated heterocycles. The van der Waals surface area contributed by atoms with Crippen LogP contribution in [-0.2, 0) is 29.2 Å². The van der Waals surface area contributed by atoms with Gasteiger partial charge in [-0.3, -0.25) is 0 Å². The third kappa shape index (κ3) is 7.19. The number of guanidine groups is 1. The monoisotopic (exact) mass is 563 g/mol. The maximum atomic E-state index is 6.06. The van der Waals surface area contributed by atoms with Gasteiger partial charge in [0.15, 0.2) is 5.96 Å². The van der Waals surface area contributed by atoms with Gasteiger partial charge in [-0.1, -0.05) is 42.5 Å². The minimum Gasteiger partial charge on any atom is -0.459 e. The number of furan rings is 1. The molecule has 2 aromatic carbocycles. The molecule has 2 heterocycles. The highest BCUT2D eigenvalue weighted by Gasteiger charge is 2.14. The summed E-state index contributed by atoms with van der Waals surface area (Å²) in [6.45, 7) is 8.37. The summed E-state index contributed by atoms with van der Waals surface area (Å²) in [6, 6.07) is 16.6. The minimum atomic E-state index is 0. The molecule has 0 unspecified atom stereocenters. The molecule has 1 aliphatic rings. The number of hydrogen-bond acceptors (Lipinski definition) is 4. The summed E-state index contributed by atoms with van der Waals surface area (Å²) in [6.07, 6.45) is 2.26. The number of aliphatic imine (C=N–C) groups is 1. The molecule has 7 heteroatoms. The van der Waals surface area contributed by atoms with E-state index in [1.54, 1.807) is 0 Å². The van der Waals surface area contributed by atoms with Crippen molar-refractivity contribution in [3.63, 3.8) is 0 Å². The van der Waals surface area contributed by atoms with E-state index >= 15 is 0 Å². The van der Waals surface area contributed by atoms with Crippen LogP contribution in [0.2, 0.25) is 0 Å². The second-order valence-corrected chi connectivity index (χ2v) is 8.14. The number of benzene rings is 2. The fourth-order valence-corrected chi connectivity index (χ4v) is 3.94. The van der Waals surface area contributed by atoms with Crippen LogP contribution in [0.25, 0.3) is 11.0 Å². The van der Waals surface area contributed by atoms with E-state index in [4.69, 9.17) is 18.9 Å². The zero-order valence-corrected chi connectivity index (χ0v) is 21.8. The molecular weight excluding hydrogens is 529 g/mol. The molecule has 178 valence electrons. The summed E-state index contributed by atoms with van der Waals surface area (Å²) in [4.78, 5) is 4.77. The third-order valence-electron chi connectivity index (χ3n) is 5.77. The van der Waals surface area contributed by atoms with Gasteiger partial charge in [0, 0.05) is 30.7 Å². The molecule has 1 aliphatic heterocycles. The van der Waals surface area contributed by atoms with Crippen molar-refractivity contribution in [1.82, 2.24) is 10.6 Å². The molecule has 3 aromatic rings. The average Bonchev–Trinajstić information content (AvgIpc) is 3.16. The molecule has 0 amide bonds. The van der Waals surface area contributed by atoms with E-state index < -0.39 is 0 Å². The van der Waals surface area contributed by atoms with Crippen LogP contribution >= 0.6 is 24.0 Å². The summed E-state index contributed by atoms with van der Waals surface area (Å²) < 4.78 is 17.5. The van der Waals surface area contributed by atoms with Crippen molar-refractivity contribution in [3.05, 3.63) is 71.0 Å². The molecule has 1 fully saturated rings. The normalized spacial score (nSPS) is 14.8. The summed E-state index contributed by atoms with van der Waals surface area (Å²) in [7, 11) is 0. The number of nitrogens with zero attached hydrogens (tertiary/aromatic N) is 1. The summed E-state index contributed by atoms with van der Waals surface area (Å²) >= 11 is 0. The van der Waals surface area contributed by atoms with Gasteiger partial charge in [0.25, 0.3) is 0 Å². The van der Waals surface area contributed by atoms with Gasteiger partial charge in [-0.2, -0.15) is 0 Å². The molecule has 33 heavy (non-hydrogen) atoms. The van der Waals surface area contributed by atoms with Crippen LogP contribution in [0, 0.1) is 6.92 Å². The van der Waals surface area contributed by atoms with Crippen LogP contribution in [0.1, 0.15) is 42.2 Å². The number of fused-ring (bicyclic) bond motifs is 1. The van der Waals surface area contributed by atoms with Crippen LogP contribution in [0.4, 0.5) is 0 Å². The molecule has 0 aliphatic carbocycles. The fraction of sp³-hybridized carbons (Fsp3) is 0.423. The maximum absolute atomic E-state index is 6.06. The highest BCUT2D eigenvalue weighted by molar-refractivity contribution is 14.0. The topological polar surface area (TPSA) is 68.0 Å². The van der Waals surface area contributed by atoms with E-state index in [-0.39, 0.29) is 24.0 Å². The van der Waals surface area contributed by atoms with E-state index in [9.17, 15) is 0 Å². The van der Waals surface area contributed by atoms with Crippen LogP contribution in [0.5, 0.6) is 0 Å². The zero-order valence-electron chi connectivity index (χ0n) is 19.4. The standard InChI is InChI=1S/C26H33N3O3.HI/c1-3-27-26(29-17-25-19(2)23-9-4-5-10-24(23)32-25)28-16-20-7-6-8-21(15-20)18-31-22-11-13-30-14-12-22;/h4-10,15,22H,3,11-14,16-18H2,1-2H3,(H2,27,28,29);1H. The second kappa shape index (κ2) is 13.0. The highest BCUT2D eigenvalue weighted by Crippen LogP contribution is 2.24. The molecular formula is C26H34IN3O3. The number of rotatable bonds is 8. The van der Waals surface area contributed by atoms with Crippen molar-refractivity contribution in [3.8, 4) is 0 Å². The Morgan fingerprint density at radius 3 is 2.64 bits per heavy atom. The number of halogens is 1. The molecule has 0 bridgehead atoms. The summed E-state index contributed by atoms with van der Waals surface area (Å²) in [5.74, 6) is 1.71. The van der Waals surface area contributed by atoms with E-state index in [0.717, 1.165) is 60.9 Å². The Balaban J connectivity index is 0.00000306. The Bertz CT molecular complexity index is 1040. The van der Waals surface area contributed by atoms with E-state index in [1.807, 2.05) is 18.2 Å². The first-order valence-electron chi connectivity index (χ1n) is 11.5. The smallest absolute Gasteiger partial charge is 0.191 e. The fourth-order valence-electron chi connectivity index (χ4n) is 3.94. The van der Waals surface area contributed by atoms with Crippen LogP contribution in [0.15, 0.2) is 57.9 Å². The predicted molar refractivity (Wildman–Crippen MR) is 143 cm³/mol. The van der Waals surface area contributed by atoms with Crippen molar-refractivity contribution in [2.45, 2.75) is 52.5 Å². The molecule has 6 nitrogen and oxygen atoms in total. The first-order chi connectivity index (χ1) is 15.7. The zero-order chi connectivity index (χ0) is 22.2. The van der Waals surface area contributed by atoms with Gasteiger partial charge in [-0.05, 0) is 43.9 Å². The maximum Gasteiger partial charge on any atom is 0.191 e. The molecule has 0 radical (unpaired) electrons. The molecule has 4 rings (SSSR count). The van der Waals surface area contributed by atoms with Gasteiger partial charge in [0.2, 0.25) is 0 Å². The predicted octanol–water partition coefficient (Wildman–Crippen LogP) is 5.31. The van der Waals surface area contributed by atoms with Gasteiger partial charge in [0.1, 0.15) is 11.3 Å². The first-order valence-corrected chi connectivity index (χ1v) is 11.5. The number of para-hydroxylation sites is 1. The van der Waals surface area contributed by atoms with E-state index in [1.165, 1.54) is 11.1 Å². The molecule has 2 N–H and O–H groups in total. The summed E-state index contributed by atoms with van der Waals surface area (Å²) in [5, 5.41) is 7.88. The van der Waals surface area contributed by atoms with Gasteiger partial charge in [0.05, 0.1) is 25.8 Å². The molecule has 0 atom stereocenters. The van der Waals surface area contributed by atoms with Gasteiger partial charge in [-0.15, -0.1) is 24.0 Å².